The predicted octanol–water partition coefficient (Wildman–Crippen LogP) is 1.06. The van der Waals surface area contributed by atoms with Crippen molar-refractivity contribution < 1.29 is 0 Å². The lowest BCUT2D eigenvalue weighted by atomic mass is 10.2. The van der Waals surface area contributed by atoms with Crippen molar-refractivity contribution in [1.82, 2.24) is 4.90 Å². The molecule has 11 heavy (non-hydrogen) atoms. The average Bonchev–Trinajstić information content (AvgIpc) is 2.61. The summed E-state index contributed by atoms with van der Waals surface area (Å²) in [4.78, 5) is 2.38. The standard InChI is InChI=1S/C9H20N2/c1-7(2)11(3)5-4-8-6-9(8)10/h7-9H,4-6,10H2,1-3H3/t8-,9-/m1/s1. The van der Waals surface area contributed by atoms with Gasteiger partial charge in [-0.25, -0.2) is 0 Å². The Morgan fingerprint density at radius 1 is 1.55 bits per heavy atom. The van der Waals surface area contributed by atoms with E-state index in [0.29, 0.717) is 12.1 Å². The Labute approximate surface area is 69.8 Å². The van der Waals surface area contributed by atoms with Crippen LogP contribution in [-0.4, -0.2) is 30.6 Å². The smallest absolute Gasteiger partial charge is 0.00714 e. The molecule has 0 aromatic rings. The molecule has 1 fully saturated rings. The van der Waals surface area contributed by atoms with Crippen LogP contribution in [0, 0.1) is 5.92 Å². The van der Waals surface area contributed by atoms with Crippen molar-refractivity contribution in [2.75, 3.05) is 13.6 Å². The van der Waals surface area contributed by atoms with Crippen LogP contribution in [0.15, 0.2) is 0 Å². The third-order valence-electron chi connectivity index (χ3n) is 2.71. The van der Waals surface area contributed by atoms with Crippen LogP contribution in [0.25, 0.3) is 0 Å². The van der Waals surface area contributed by atoms with Crippen molar-refractivity contribution in [2.24, 2.45) is 11.7 Å². The zero-order valence-corrected chi connectivity index (χ0v) is 7.88. The third kappa shape index (κ3) is 2.80. The van der Waals surface area contributed by atoms with Crippen molar-refractivity contribution in [2.45, 2.75) is 38.8 Å². The van der Waals surface area contributed by atoms with Crippen molar-refractivity contribution in [3.63, 3.8) is 0 Å². The molecule has 2 heteroatoms. The molecule has 0 aliphatic heterocycles. The Hall–Kier alpha value is -0.0800. The Morgan fingerprint density at radius 2 is 2.09 bits per heavy atom. The fourth-order valence-corrected chi connectivity index (χ4v) is 1.23. The molecule has 2 N–H and O–H groups in total. The molecule has 0 aromatic carbocycles. The van der Waals surface area contributed by atoms with Crippen molar-refractivity contribution in [3.8, 4) is 0 Å². The monoisotopic (exact) mass is 156 g/mol. The van der Waals surface area contributed by atoms with Crippen LogP contribution in [0.2, 0.25) is 0 Å². The molecule has 0 radical (unpaired) electrons. The highest BCUT2D eigenvalue weighted by molar-refractivity contribution is 4.90. The highest BCUT2D eigenvalue weighted by Gasteiger charge is 2.32. The topological polar surface area (TPSA) is 29.3 Å². The van der Waals surface area contributed by atoms with Gasteiger partial charge in [-0.05, 0) is 46.2 Å². The van der Waals surface area contributed by atoms with Crippen molar-refractivity contribution in [3.05, 3.63) is 0 Å². The molecule has 2 nitrogen and oxygen atoms in total. The highest BCUT2D eigenvalue weighted by atomic mass is 15.1. The van der Waals surface area contributed by atoms with Crippen molar-refractivity contribution in [1.29, 1.82) is 0 Å². The van der Waals surface area contributed by atoms with Crippen LogP contribution in [0.3, 0.4) is 0 Å². The summed E-state index contributed by atoms with van der Waals surface area (Å²) in [7, 11) is 2.18. The highest BCUT2D eigenvalue weighted by Crippen LogP contribution is 2.31. The number of hydrogen-bond donors (Lipinski definition) is 1. The Morgan fingerprint density at radius 3 is 2.45 bits per heavy atom. The van der Waals surface area contributed by atoms with E-state index in [1.807, 2.05) is 0 Å². The minimum Gasteiger partial charge on any atom is -0.327 e. The number of nitrogens with two attached hydrogens (primary N) is 1. The second-order valence-electron chi connectivity index (χ2n) is 4.02. The SMILES string of the molecule is CC(C)N(C)CC[C@@H]1C[C@H]1N. The van der Waals surface area contributed by atoms with Crippen LogP contribution in [0.1, 0.15) is 26.7 Å². The maximum Gasteiger partial charge on any atom is 0.00714 e. The lowest BCUT2D eigenvalue weighted by molar-refractivity contribution is 0.265. The van der Waals surface area contributed by atoms with Crippen LogP contribution in [0.4, 0.5) is 0 Å². The maximum absolute atomic E-state index is 5.71. The first-order valence-electron chi connectivity index (χ1n) is 4.57. The summed E-state index contributed by atoms with van der Waals surface area (Å²) in [6.45, 7) is 5.66. The van der Waals surface area contributed by atoms with Gasteiger partial charge in [-0.2, -0.15) is 0 Å². The molecule has 1 rings (SSSR count). The number of nitrogens with zero attached hydrogens (tertiary/aromatic N) is 1. The molecule has 2 atom stereocenters. The summed E-state index contributed by atoms with van der Waals surface area (Å²) in [5.41, 5.74) is 5.71. The quantitative estimate of drug-likeness (QED) is 0.659. The van der Waals surface area contributed by atoms with Gasteiger partial charge >= 0.3 is 0 Å². The molecule has 66 valence electrons. The van der Waals surface area contributed by atoms with Gasteiger partial charge in [-0.15, -0.1) is 0 Å². The Balaban J connectivity index is 2.03. The molecule has 0 spiro atoms. The van der Waals surface area contributed by atoms with Gasteiger partial charge < -0.3 is 10.6 Å². The minimum atomic E-state index is 0.524. The normalized spacial score (nSPS) is 30.0. The van der Waals surface area contributed by atoms with Gasteiger partial charge in [0.25, 0.3) is 0 Å². The second-order valence-corrected chi connectivity index (χ2v) is 4.02. The minimum absolute atomic E-state index is 0.524. The first-order valence-corrected chi connectivity index (χ1v) is 4.57. The fraction of sp³-hybridized carbons (Fsp3) is 1.00. The maximum atomic E-state index is 5.71. The van der Waals surface area contributed by atoms with Gasteiger partial charge in [0.2, 0.25) is 0 Å². The van der Waals surface area contributed by atoms with Gasteiger partial charge in [0.1, 0.15) is 0 Å². The third-order valence-corrected chi connectivity index (χ3v) is 2.71. The summed E-state index contributed by atoms with van der Waals surface area (Å²) in [6, 6.07) is 1.19. The van der Waals surface area contributed by atoms with Gasteiger partial charge in [-0.1, -0.05) is 0 Å². The lowest BCUT2D eigenvalue weighted by Crippen LogP contribution is -2.27. The number of hydrogen-bond acceptors (Lipinski definition) is 2. The van der Waals surface area contributed by atoms with Crippen LogP contribution >= 0.6 is 0 Å². The zero-order valence-electron chi connectivity index (χ0n) is 7.88. The lowest BCUT2D eigenvalue weighted by Gasteiger charge is -2.20. The van der Waals surface area contributed by atoms with Gasteiger partial charge in [0, 0.05) is 12.1 Å². The molecule has 0 saturated heterocycles. The molecule has 1 aliphatic rings. The fourth-order valence-electron chi connectivity index (χ4n) is 1.23. The van der Waals surface area contributed by atoms with E-state index in [9.17, 15) is 0 Å². The van der Waals surface area contributed by atoms with Crippen LogP contribution in [-0.2, 0) is 0 Å². The van der Waals surface area contributed by atoms with Crippen LogP contribution < -0.4 is 5.73 Å². The second kappa shape index (κ2) is 3.55. The first kappa shape index (κ1) is 9.01. The first-order chi connectivity index (χ1) is 5.11. The van der Waals surface area contributed by atoms with E-state index in [-0.39, 0.29) is 0 Å². The average molecular weight is 156 g/mol. The summed E-state index contributed by atoms with van der Waals surface area (Å²) in [5.74, 6) is 0.830. The van der Waals surface area contributed by atoms with Gasteiger partial charge in [0.15, 0.2) is 0 Å². The molecule has 1 saturated carbocycles. The van der Waals surface area contributed by atoms with Crippen LogP contribution in [0.5, 0.6) is 0 Å². The van der Waals surface area contributed by atoms with E-state index < -0.39 is 0 Å². The summed E-state index contributed by atoms with van der Waals surface area (Å²) >= 11 is 0. The Kier molecular flexibility index (Phi) is 2.90. The Bertz CT molecular complexity index is 123. The number of rotatable bonds is 4. The molecule has 0 heterocycles. The molecule has 0 aromatic heterocycles. The molecule has 0 amide bonds. The van der Waals surface area contributed by atoms with E-state index in [1.165, 1.54) is 19.4 Å². The van der Waals surface area contributed by atoms with Crippen molar-refractivity contribution >= 4 is 0 Å². The van der Waals surface area contributed by atoms with E-state index in [1.54, 1.807) is 0 Å². The zero-order chi connectivity index (χ0) is 8.43. The predicted molar refractivity (Wildman–Crippen MR) is 48.5 cm³/mol. The van der Waals surface area contributed by atoms with Gasteiger partial charge in [0.05, 0.1) is 0 Å². The molecular weight excluding hydrogens is 136 g/mol. The molecule has 1 aliphatic carbocycles. The summed E-state index contributed by atoms with van der Waals surface area (Å²) in [6.07, 6.45) is 2.54. The molecule has 0 unspecified atom stereocenters. The largest absolute Gasteiger partial charge is 0.327 e. The van der Waals surface area contributed by atoms with E-state index >= 15 is 0 Å². The summed E-state index contributed by atoms with van der Waals surface area (Å²) in [5, 5.41) is 0. The van der Waals surface area contributed by atoms with Gasteiger partial charge in [-0.3, -0.25) is 0 Å². The molecule has 0 bridgehead atoms. The van der Waals surface area contributed by atoms with E-state index in [2.05, 4.69) is 25.8 Å². The van der Waals surface area contributed by atoms with E-state index in [0.717, 1.165) is 5.92 Å². The molecular formula is C9H20N2. The summed E-state index contributed by atoms with van der Waals surface area (Å²) < 4.78 is 0. The van der Waals surface area contributed by atoms with E-state index in [4.69, 9.17) is 5.73 Å².